The van der Waals surface area contributed by atoms with E-state index in [-0.39, 0.29) is 21.1 Å². The van der Waals surface area contributed by atoms with Gasteiger partial charge in [-0.25, -0.2) is 0 Å². The van der Waals surface area contributed by atoms with Gasteiger partial charge in [0.1, 0.15) is 11.5 Å². The van der Waals surface area contributed by atoms with Crippen LogP contribution in [0.4, 0.5) is 0 Å². The van der Waals surface area contributed by atoms with Crippen molar-refractivity contribution in [2.75, 3.05) is 14.2 Å². The predicted octanol–water partition coefficient (Wildman–Crippen LogP) is 6.35. The number of methoxy groups -OCH3 is 2. The van der Waals surface area contributed by atoms with E-state index in [1.54, 1.807) is 26.6 Å². The molecule has 0 aliphatic rings. The molecule has 2 aromatic carbocycles. The second kappa shape index (κ2) is 12.3. The minimum Gasteiger partial charge on any atom is -0.497 e. The molecule has 0 radical (unpaired) electrons. The van der Waals surface area contributed by atoms with Crippen molar-refractivity contribution in [3.05, 3.63) is 95.3 Å². The Labute approximate surface area is 211 Å². The molecule has 0 N–H and O–H groups in total. The molecule has 0 fully saturated rings. The van der Waals surface area contributed by atoms with Crippen LogP contribution in [0, 0.1) is 39.8 Å². The van der Waals surface area contributed by atoms with Crippen molar-refractivity contribution in [2.45, 2.75) is 27.7 Å². The average molecular weight is 620 g/mol. The van der Waals surface area contributed by atoms with Crippen LogP contribution in [0.3, 0.4) is 0 Å². The molecular formula is C28H28N2O2Pt. The normalized spacial score (nSPS) is 9.88. The molecule has 0 aliphatic heterocycles. The SMILES string of the molecule is COc1ccnc(-c2[c-]c(C)ccc2C)c1.COc1ccnc(-c2[c-]c(C)ccc2C)c1.[Pt+2]. The van der Waals surface area contributed by atoms with Crippen molar-refractivity contribution in [1.29, 1.82) is 0 Å². The van der Waals surface area contributed by atoms with Crippen LogP contribution in [-0.4, -0.2) is 24.2 Å². The fourth-order valence-electron chi connectivity index (χ4n) is 3.22. The maximum atomic E-state index is 5.19. The van der Waals surface area contributed by atoms with Crippen molar-refractivity contribution in [3.63, 3.8) is 0 Å². The molecule has 0 unspecified atom stereocenters. The smallest absolute Gasteiger partial charge is 0.497 e. The van der Waals surface area contributed by atoms with E-state index in [1.165, 1.54) is 11.1 Å². The molecule has 33 heavy (non-hydrogen) atoms. The zero-order valence-corrected chi connectivity index (χ0v) is 22.1. The Kier molecular flexibility index (Phi) is 9.81. The van der Waals surface area contributed by atoms with Gasteiger partial charge in [0, 0.05) is 12.4 Å². The molecule has 0 saturated carbocycles. The van der Waals surface area contributed by atoms with Crippen LogP contribution >= 0.6 is 0 Å². The molecule has 4 aromatic rings. The number of hydrogen-bond acceptors (Lipinski definition) is 4. The summed E-state index contributed by atoms with van der Waals surface area (Å²) in [7, 11) is 3.32. The van der Waals surface area contributed by atoms with Crippen LogP contribution in [0.5, 0.6) is 11.5 Å². The Balaban J connectivity index is 0.000000227. The van der Waals surface area contributed by atoms with E-state index >= 15 is 0 Å². The summed E-state index contributed by atoms with van der Waals surface area (Å²) in [5, 5.41) is 0. The number of aromatic nitrogens is 2. The summed E-state index contributed by atoms with van der Waals surface area (Å²) >= 11 is 0. The van der Waals surface area contributed by atoms with Gasteiger partial charge in [-0.3, -0.25) is 0 Å². The summed E-state index contributed by atoms with van der Waals surface area (Å²) in [5.74, 6) is 1.64. The van der Waals surface area contributed by atoms with Gasteiger partial charge in [0.2, 0.25) is 0 Å². The van der Waals surface area contributed by atoms with Gasteiger partial charge in [0.25, 0.3) is 0 Å². The molecular weight excluding hydrogens is 591 g/mol. The van der Waals surface area contributed by atoms with Gasteiger partial charge in [-0.2, -0.15) is 0 Å². The molecule has 0 bridgehead atoms. The summed E-state index contributed by atoms with van der Waals surface area (Å²) in [6.07, 6.45) is 3.51. The third-order valence-corrected chi connectivity index (χ3v) is 5.05. The van der Waals surface area contributed by atoms with E-state index in [1.807, 2.05) is 38.1 Å². The summed E-state index contributed by atoms with van der Waals surface area (Å²) in [6, 6.07) is 22.5. The number of nitrogens with zero attached hydrogens (tertiary/aromatic N) is 2. The Bertz CT molecular complexity index is 1110. The minimum absolute atomic E-state index is 0. The first-order chi connectivity index (χ1) is 15.4. The van der Waals surface area contributed by atoms with E-state index in [0.29, 0.717) is 0 Å². The van der Waals surface area contributed by atoms with Crippen LogP contribution in [0.2, 0.25) is 0 Å². The van der Waals surface area contributed by atoms with Crippen molar-refractivity contribution in [3.8, 4) is 34.0 Å². The maximum Gasteiger partial charge on any atom is 2.00 e. The Morgan fingerprint density at radius 2 is 1.00 bits per heavy atom. The molecule has 4 nitrogen and oxygen atoms in total. The number of benzene rings is 2. The van der Waals surface area contributed by atoms with Gasteiger partial charge in [-0.15, -0.1) is 69.8 Å². The minimum atomic E-state index is 0. The van der Waals surface area contributed by atoms with Crippen LogP contribution < -0.4 is 9.47 Å². The van der Waals surface area contributed by atoms with E-state index < -0.39 is 0 Å². The summed E-state index contributed by atoms with van der Waals surface area (Å²) in [5.41, 5.74) is 8.46. The summed E-state index contributed by atoms with van der Waals surface area (Å²) in [6.45, 7) is 8.19. The number of aryl methyl sites for hydroxylation is 4. The molecule has 0 amide bonds. The molecule has 4 rings (SSSR count). The Hall–Kier alpha value is -2.97. The van der Waals surface area contributed by atoms with E-state index in [9.17, 15) is 0 Å². The third kappa shape index (κ3) is 7.00. The zero-order chi connectivity index (χ0) is 23.1. The fraction of sp³-hybridized carbons (Fsp3) is 0.214. The first-order valence-corrected chi connectivity index (χ1v) is 10.4. The van der Waals surface area contributed by atoms with E-state index in [0.717, 1.165) is 45.1 Å². The first-order valence-electron chi connectivity index (χ1n) is 10.4. The molecule has 0 spiro atoms. The van der Waals surface area contributed by atoms with Gasteiger partial charge in [-0.05, 0) is 35.7 Å². The number of ether oxygens (including phenoxy) is 2. The third-order valence-electron chi connectivity index (χ3n) is 5.05. The van der Waals surface area contributed by atoms with Gasteiger partial charge in [0.15, 0.2) is 0 Å². The second-order valence-corrected chi connectivity index (χ2v) is 7.56. The van der Waals surface area contributed by atoms with Crippen LogP contribution in [0.25, 0.3) is 22.5 Å². The summed E-state index contributed by atoms with van der Waals surface area (Å²) < 4.78 is 10.4. The van der Waals surface area contributed by atoms with Crippen molar-refractivity contribution in [2.24, 2.45) is 0 Å². The van der Waals surface area contributed by atoms with E-state index in [4.69, 9.17) is 9.47 Å². The quantitative estimate of drug-likeness (QED) is 0.250. The van der Waals surface area contributed by atoms with Crippen molar-refractivity contribution >= 4 is 0 Å². The van der Waals surface area contributed by atoms with Gasteiger partial charge in [0.05, 0.1) is 14.2 Å². The van der Waals surface area contributed by atoms with Crippen molar-refractivity contribution in [1.82, 2.24) is 9.97 Å². The van der Waals surface area contributed by atoms with Crippen LogP contribution in [-0.2, 0) is 21.1 Å². The largest absolute Gasteiger partial charge is 2.00 e. The van der Waals surface area contributed by atoms with E-state index in [2.05, 4.69) is 60.2 Å². The Morgan fingerprint density at radius 1 is 0.606 bits per heavy atom. The maximum absolute atomic E-state index is 5.19. The zero-order valence-electron chi connectivity index (χ0n) is 19.8. The number of rotatable bonds is 4. The topological polar surface area (TPSA) is 44.2 Å². The number of hydrogen-bond donors (Lipinski definition) is 0. The second-order valence-electron chi connectivity index (χ2n) is 7.56. The predicted molar refractivity (Wildman–Crippen MR) is 129 cm³/mol. The van der Waals surface area contributed by atoms with Crippen molar-refractivity contribution < 1.29 is 30.5 Å². The molecule has 2 heterocycles. The van der Waals surface area contributed by atoms with Gasteiger partial charge >= 0.3 is 21.1 Å². The summed E-state index contributed by atoms with van der Waals surface area (Å²) in [4.78, 5) is 8.70. The molecule has 5 heteroatoms. The average Bonchev–Trinajstić information content (AvgIpc) is 2.82. The standard InChI is InChI=1S/2C14H14NO.Pt/c2*1-10-4-5-11(2)13(8-10)14-9-12(16-3)6-7-15-14;/h2*4-7,9H,1-3H3;/q2*-1;+2. The van der Waals surface area contributed by atoms with Crippen LogP contribution in [0.15, 0.2) is 60.9 Å². The molecule has 2 aromatic heterocycles. The Morgan fingerprint density at radius 3 is 1.36 bits per heavy atom. The monoisotopic (exact) mass is 619 g/mol. The molecule has 0 aliphatic carbocycles. The molecule has 0 atom stereocenters. The first kappa shape index (κ1) is 26.3. The van der Waals surface area contributed by atoms with Crippen LogP contribution in [0.1, 0.15) is 22.3 Å². The molecule has 0 saturated heterocycles. The molecule has 172 valence electrons. The fourth-order valence-corrected chi connectivity index (χ4v) is 3.22. The van der Waals surface area contributed by atoms with Gasteiger partial charge in [-0.1, -0.05) is 27.7 Å². The number of pyridine rings is 2. The van der Waals surface area contributed by atoms with Gasteiger partial charge < -0.3 is 19.4 Å².